The van der Waals surface area contributed by atoms with Crippen LogP contribution in [0.1, 0.15) is 0 Å². The standard InChI is InChI=1S/C12H9BF18O3/c14-4(10(23,24)25)7(17,18)1-32-13(33-2-8(19,20)5(15)11(26,27)28)34-3-9(21,22)6(16)12(29,30)31/h4-6H,1-3H2/t4-,5-,6-/m1/s1. The van der Waals surface area contributed by atoms with Crippen molar-refractivity contribution in [2.75, 3.05) is 19.8 Å². The predicted molar refractivity (Wildman–Crippen MR) is 71.3 cm³/mol. The van der Waals surface area contributed by atoms with Gasteiger partial charge in [0.05, 0.1) is 0 Å². The van der Waals surface area contributed by atoms with Gasteiger partial charge in [0.1, 0.15) is 19.8 Å². The van der Waals surface area contributed by atoms with Gasteiger partial charge in [0, 0.05) is 0 Å². The van der Waals surface area contributed by atoms with Crippen LogP contribution in [0.4, 0.5) is 79.0 Å². The molecule has 0 saturated carbocycles. The predicted octanol–water partition coefficient (Wildman–Crippen LogP) is 5.63. The van der Waals surface area contributed by atoms with Gasteiger partial charge in [-0.25, -0.2) is 39.5 Å². The van der Waals surface area contributed by atoms with E-state index < -0.39 is 82.0 Å². The number of hydrogen-bond acceptors (Lipinski definition) is 3. The van der Waals surface area contributed by atoms with E-state index in [-0.39, 0.29) is 0 Å². The molecule has 34 heavy (non-hydrogen) atoms. The Kier molecular flexibility index (Phi) is 10.3. The zero-order chi connectivity index (χ0) is 27.6. The van der Waals surface area contributed by atoms with Gasteiger partial charge < -0.3 is 14.0 Å². The van der Waals surface area contributed by atoms with Crippen LogP contribution in [-0.4, -0.2) is 82.0 Å². The van der Waals surface area contributed by atoms with Crippen LogP contribution in [-0.2, 0) is 14.0 Å². The van der Waals surface area contributed by atoms with Crippen molar-refractivity contribution in [1.82, 2.24) is 0 Å². The number of rotatable bonds is 12. The maximum absolute atomic E-state index is 13.1. The molecule has 0 rings (SSSR count). The highest BCUT2D eigenvalue weighted by Crippen LogP contribution is 2.38. The molecule has 0 aromatic rings. The summed E-state index contributed by atoms with van der Waals surface area (Å²) in [6, 6.07) is 0. The Morgan fingerprint density at radius 1 is 0.412 bits per heavy atom. The lowest BCUT2D eigenvalue weighted by atomic mass is 10.1. The summed E-state index contributed by atoms with van der Waals surface area (Å²) in [5, 5.41) is 0. The lowest BCUT2D eigenvalue weighted by Gasteiger charge is -2.27. The minimum Gasteiger partial charge on any atom is -0.379 e. The summed E-state index contributed by atoms with van der Waals surface area (Å²) in [5.74, 6) is -17.0. The molecule has 0 N–H and O–H groups in total. The van der Waals surface area contributed by atoms with Crippen LogP contribution in [0.5, 0.6) is 0 Å². The van der Waals surface area contributed by atoms with Gasteiger partial charge in [0.15, 0.2) is 0 Å². The van der Waals surface area contributed by atoms with E-state index in [0.717, 1.165) is 0 Å². The van der Waals surface area contributed by atoms with Crippen molar-refractivity contribution >= 4 is 7.32 Å². The quantitative estimate of drug-likeness (QED) is 0.232. The summed E-state index contributed by atoms with van der Waals surface area (Å²) in [4.78, 5) is 0. The highest BCUT2D eigenvalue weighted by Gasteiger charge is 2.60. The Morgan fingerprint density at radius 3 is 0.735 bits per heavy atom. The molecule has 22 heteroatoms. The van der Waals surface area contributed by atoms with E-state index in [1.165, 1.54) is 0 Å². The van der Waals surface area contributed by atoms with Crippen LogP contribution in [0, 0.1) is 0 Å². The van der Waals surface area contributed by atoms with E-state index in [0.29, 0.717) is 0 Å². The fourth-order valence-electron chi connectivity index (χ4n) is 1.62. The molecule has 0 aliphatic rings. The van der Waals surface area contributed by atoms with Gasteiger partial charge in [0.25, 0.3) is 18.5 Å². The van der Waals surface area contributed by atoms with Crippen LogP contribution in [0.25, 0.3) is 0 Å². The average Bonchev–Trinajstić information content (AvgIpc) is 2.63. The van der Waals surface area contributed by atoms with Gasteiger partial charge in [0.2, 0.25) is 0 Å². The molecule has 3 atom stereocenters. The second kappa shape index (κ2) is 10.7. The van der Waals surface area contributed by atoms with Gasteiger partial charge in [-0.15, -0.1) is 0 Å². The number of halogens is 18. The van der Waals surface area contributed by atoms with Gasteiger partial charge in [-0.1, -0.05) is 0 Å². The highest BCUT2D eigenvalue weighted by molar-refractivity contribution is 6.36. The van der Waals surface area contributed by atoms with Gasteiger partial charge in [-0.3, -0.25) is 0 Å². The fraction of sp³-hybridized carbons (Fsp3) is 1.00. The van der Waals surface area contributed by atoms with E-state index in [4.69, 9.17) is 0 Å². The van der Waals surface area contributed by atoms with Gasteiger partial charge >= 0.3 is 43.6 Å². The number of hydrogen-bond donors (Lipinski definition) is 0. The van der Waals surface area contributed by atoms with Crippen molar-refractivity contribution in [3.8, 4) is 0 Å². The maximum atomic E-state index is 13.1. The van der Waals surface area contributed by atoms with Crippen molar-refractivity contribution in [3.05, 3.63) is 0 Å². The Bertz CT molecular complexity index is 546. The third-order valence-corrected chi connectivity index (χ3v) is 3.21. The summed E-state index contributed by atoms with van der Waals surface area (Å²) in [6.45, 7) is -8.86. The molecule has 0 unspecified atom stereocenters. The minimum absolute atomic E-state index is 2.95. The van der Waals surface area contributed by atoms with E-state index in [1.54, 1.807) is 0 Å². The molecule has 204 valence electrons. The molecule has 0 radical (unpaired) electrons. The van der Waals surface area contributed by atoms with Crippen molar-refractivity contribution in [3.63, 3.8) is 0 Å². The van der Waals surface area contributed by atoms with Crippen LogP contribution in [0.3, 0.4) is 0 Å². The second-order valence-electron chi connectivity index (χ2n) is 6.22. The zero-order valence-corrected chi connectivity index (χ0v) is 15.5. The van der Waals surface area contributed by atoms with Crippen molar-refractivity contribution in [2.24, 2.45) is 0 Å². The van der Waals surface area contributed by atoms with E-state index in [2.05, 4.69) is 14.0 Å². The minimum atomic E-state index is -6.30. The highest BCUT2D eigenvalue weighted by atomic mass is 19.4. The topological polar surface area (TPSA) is 27.7 Å². The summed E-state index contributed by atoms with van der Waals surface area (Å²) in [7, 11) is -3.70. The molecule has 0 aliphatic carbocycles. The molecule has 0 spiro atoms. The van der Waals surface area contributed by atoms with Crippen molar-refractivity contribution in [2.45, 2.75) is 54.8 Å². The normalized spacial score (nSPS) is 17.5. The Morgan fingerprint density at radius 2 is 0.588 bits per heavy atom. The molecule has 0 aromatic heterocycles. The van der Waals surface area contributed by atoms with E-state index in [9.17, 15) is 79.0 Å². The van der Waals surface area contributed by atoms with Crippen LogP contribution < -0.4 is 0 Å². The van der Waals surface area contributed by atoms with Gasteiger partial charge in [-0.05, 0) is 0 Å². The van der Waals surface area contributed by atoms with E-state index >= 15 is 0 Å². The first-order chi connectivity index (χ1) is 14.7. The SMILES string of the molecule is F[C@@H](C(F)(F)F)C(F)(F)COB(OCC(F)(F)[C@@H](F)C(F)(F)F)OCC(F)(F)[C@@H](F)C(F)(F)F. The molecule has 0 amide bonds. The molecule has 0 saturated heterocycles. The molecular formula is C12H9BF18O3. The first-order valence-corrected chi connectivity index (χ1v) is 7.86. The van der Waals surface area contributed by atoms with Crippen molar-refractivity contribution in [1.29, 1.82) is 0 Å². The summed E-state index contributed by atoms with van der Waals surface area (Å²) in [6.07, 6.45) is -34.1. The van der Waals surface area contributed by atoms with Gasteiger partial charge in [-0.2, -0.15) is 39.5 Å². The summed E-state index contributed by atoms with van der Waals surface area (Å²) >= 11 is 0. The summed E-state index contributed by atoms with van der Waals surface area (Å²) in [5.41, 5.74) is 0. The molecular weight excluding hydrogens is 545 g/mol. The van der Waals surface area contributed by atoms with Crippen LogP contribution in [0.15, 0.2) is 0 Å². The maximum Gasteiger partial charge on any atom is 0.640 e. The zero-order valence-electron chi connectivity index (χ0n) is 15.5. The molecule has 0 aromatic carbocycles. The average molecular weight is 554 g/mol. The fourth-order valence-corrected chi connectivity index (χ4v) is 1.62. The van der Waals surface area contributed by atoms with Crippen LogP contribution in [0.2, 0.25) is 0 Å². The second-order valence-corrected chi connectivity index (χ2v) is 6.22. The summed E-state index contributed by atoms with van der Waals surface area (Å²) < 4.78 is 235. The Hall–Kier alpha value is -1.32. The van der Waals surface area contributed by atoms with Crippen LogP contribution >= 0.6 is 0 Å². The largest absolute Gasteiger partial charge is 0.640 e. The molecule has 3 nitrogen and oxygen atoms in total. The smallest absolute Gasteiger partial charge is 0.379 e. The third kappa shape index (κ3) is 9.74. The molecule has 0 heterocycles. The third-order valence-electron chi connectivity index (χ3n) is 3.21. The van der Waals surface area contributed by atoms with E-state index in [1.807, 2.05) is 0 Å². The molecule has 0 bridgehead atoms. The number of alkyl halides is 18. The lowest BCUT2D eigenvalue weighted by molar-refractivity contribution is -0.258. The first kappa shape index (κ1) is 32.7. The lowest BCUT2D eigenvalue weighted by Crippen LogP contribution is -2.50. The Balaban J connectivity index is 5.56. The molecule has 0 fully saturated rings. The Labute approximate surface area is 176 Å². The monoisotopic (exact) mass is 554 g/mol. The van der Waals surface area contributed by atoms with Crippen molar-refractivity contribution < 1.29 is 93.0 Å². The molecule has 0 aliphatic heterocycles. The first-order valence-electron chi connectivity index (χ1n) is 7.86.